The predicted molar refractivity (Wildman–Crippen MR) is 96.7 cm³/mol. The third-order valence-corrected chi connectivity index (χ3v) is 3.88. The summed E-state index contributed by atoms with van der Waals surface area (Å²) >= 11 is 3.21. The van der Waals surface area contributed by atoms with Crippen LogP contribution in [0.1, 0.15) is 18.1 Å². The Morgan fingerprint density at radius 3 is 2.08 bits per heavy atom. The standard InChI is InChI=1S/C19H20BrNO3/c1-14(20)18(22)21-17(12-15-8-4-2-5-9-15)19(23)24-13-16-10-6-3-7-11-16/h2-11,14,17H,12-13H2,1H3,(H,21,22)/t14-,17+/m1/s1. The fourth-order valence-corrected chi connectivity index (χ4v) is 2.29. The third kappa shape index (κ3) is 5.81. The molecular formula is C19H20BrNO3. The lowest BCUT2D eigenvalue weighted by atomic mass is 10.1. The molecule has 126 valence electrons. The first-order valence-corrected chi connectivity index (χ1v) is 8.67. The van der Waals surface area contributed by atoms with Crippen LogP contribution in [0.4, 0.5) is 0 Å². The Balaban J connectivity index is 2.03. The Morgan fingerprint density at radius 1 is 1.00 bits per heavy atom. The van der Waals surface area contributed by atoms with E-state index in [0.717, 1.165) is 11.1 Å². The Hall–Kier alpha value is -2.14. The molecule has 0 heterocycles. The maximum Gasteiger partial charge on any atom is 0.329 e. The van der Waals surface area contributed by atoms with E-state index < -0.39 is 12.0 Å². The zero-order valence-corrected chi connectivity index (χ0v) is 15.0. The van der Waals surface area contributed by atoms with E-state index in [1.165, 1.54) is 0 Å². The van der Waals surface area contributed by atoms with E-state index in [4.69, 9.17) is 4.74 Å². The highest BCUT2D eigenvalue weighted by Crippen LogP contribution is 2.08. The molecule has 0 bridgehead atoms. The maximum absolute atomic E-state index is 12.4. The molecule has 0 spiro atoms. The highest BCUT2D eigenvalue weighted by Gasteiger charge is 2.24. The molecule has 0 radical (unpaired) electrons. The van der Waals surface area contributed by atoms with Crippen molar-refractivity contribution in [3.05, 3.63) is 71.8 Å². The van der Waals surface area contributed by atoms with Crippen molar-refractivity contribution in [2.75, 3.05) is 0 Å². The van der Waals surface area contributed by atoms with E-state index >= 15 is 0 Å². The SMILES string of the molecule is C[C@@H](Br)C(=O)N[C@@H](Cc1ccccc1)C(=O)OCc1ccccc1. The van der Waals surface area contributed by atoms with Gasteiger partial charge in [0.15, 0.2) is 0 Å². The summed E-state index contributed by atoms with van der Waals surface area (Å²) in [5.41, 5.74) is 1.87. The van der Waals surface area contributed by atoms with Crippen LogP contribution in [-0.4, -0.2) is 22.7 Å². The van der Waals surface area contributed by atoms with Crippen LogP contribution in [0.3, 0.4) is 0 Å². The zero-order chi connectivity index (χ0) is 17.4. The van der Waals surface area contributed by atoms with Gasteiger partial charge in [0, 0.05) is 6.42 Å². The summed E-state index contributed by atoms with van der Waals surface area (Å²) in [5.74, 6) is -0.684. The second kappa shape index (κ2) is 9.23. The molecule has 2 rings (SSSR count). The second-order valence-electron chi connectivity index (χ2n) is 5.46. The number of nitrogens with one attached hydrogen (secondary N) is 1. The Morgan fingerprint density at radius 2 is 1.54 bits per heavy atom. The van der Waals surface area contributed by atoms with Crippen LogP contribution in [0.15, 0.2) is 60.7 Å². The van der Waals surface area contributed by atoms with Gasteiger partial charge in [0.25, 0.3) is 0 Å². The fraction of sp³-hybridized carbons (Fsp3) is 0.263. The zero-order valence-electron chi connectivity index (χ0n) is 13.4. The lowest BCUT2D eigenvalue weighted by Gasteiger charge is -2.18. The minimum absolute atomic E-state index is 0.185. The molecule has 0 aliphatic heterocycles. The molecule has 5 heteroatoms. The van der Waals surface area contributed by atoms with Gasteiger partial charge in [-0.1, -0.05) is 76.6 Å². The van der Waals surface area contributed by atoms with Crippen LogP contribution in [0.25, 0.3) is 0 Å². The summed E-state index contributed by atoms with van der Waals surface area (Å²) in [5, 5.41) is 2.74. The van der Waals surface area contributed by atoms with Gasteiger partial charge in [-0.05, 0) is 18.1 Å². The van der Waals surface area contributed by atoms with Crippen LogP contribution in [-0.2, 0) is 27.4 Å². The van der Waals surface area contributed by atoms with Crippen molar-refractivity contribution in [2.45, 2.75) is 30.8 Å². The first kappa shape index (κ1) is 18.2. The van der Waals surface area contributed by atoms with Crippen LogP contribution < -0.4 is 5.32 Å². The highest BCUT2D eigenvalue weighted by atomic mass is 79.9. The van der Waals surface area contributed by atoms with Gasteiger partial charge in [0.05, 0.1) is 4.83 Å². The molecule has 0 aliphatic rings. The number of benzene rings is 2. The summed E-state index contributed by atoms with van der Waals surface area (Å²) in [6.07, 6.45) is 0.389. The van der Waals surface area contributed by atoms with E-state index in [9.17, 15) is 9.59 Å². The summed E-state index contributed by atoms with van der Waals surface area (Å²) in [4.78, 5) is 24.0. The first-order valence-electron chi connectivity index (χ1n) is 7.75. The Labute approximate surface area is 150 Å². The molecule has 4 nitrogen and oxygen atoms in total. The second-order valence-corrected chi connectivity index (χ2v) is 6.83. The van der Waals surface area contributed by atoms with Crippen LogP contribution in [0, 0.1) is 0 Å². The van der Waals surface area contributed by atoms with Gasteiger partial charge in [-0.25, -0.2) is 4.79 Å². The van der Waals surface area contributed by atoms with Crippen molar-refractivity contribution in [3.8, 4) is 0 Å². The van der Waals surface area contributed by atoms with Crippen molar-refractivity contribution < 1.29 is 14.3 Å². The molecule has 2 aromatic carbocycles. The maximum atomic E-state index is 12.4. The van der Waals surface area contributed by atoms with Gasteiger partial charge < -0.3 is 10.1 Å². The minimum Gasteiger partial charge on any atom is -0.459 e. The number of halogens is 1. The van der Waals surface area contributed by atoms with E-state index in [2.05, 4.69) is 21.2 Å². The Kier molecular flexibility index (Phi) is 7.00. The van der Waals surface area contributed by atoms with Gasteiger partial charge in [0.2, 0.25) is 5.91 Å². The quantitative estimate of drug-likeness (QED) is 0.584. The van der Waals surface area contributed by atoms with Crippen LogP contribution >= 0.6 is 15.9 Å². The number of amides is 1. The molecule has 0 aliphatic carbocycles. The number of alkyl halides is 1. The van der Waals surface area contributed by atoms with E-state index in [-0.39, 0.29) is 17.3 Å². The average Bonchev–Trinajstić information content (AvgIpc) is 2.60. The molecule has 2 atom stereocenters. The topological polar surface area (TPSA) is 55.4 Å². The van der Waals surface area contributed by atoms with Crippen LogP contribution in [0.2, 0.25) is 0 Å². The van der Waals surface area contributed by atoms with Crippen molar-refractivity contribution in [1.29, 1.82) is 0 Å². The molecule has 0 saturated heterocycles. The predicted octanol–water partition coefficient (Wildman–Crippen LogP) is 3.24. The minimum atomic E-state index is -0.719. The first-order chi connectivity index (χ1) is 11.6. The molecule has 0 unspecified atom stereocenters. The number of carbonyl (C=O) groups excluding carboxylic acids is 2. The smallest absolute Gasteiger partial charge is 0.329 e. The van der Waals surface area contributed by atoms with E-state index in [1.807, 2.05) is 60.7 Å². The third-order valence-electron chi connectivity index (χ3n) is 3.47. The lowest BCUT2D eigenvalue weighted by Crippen LogP contribution is -2.45. The number of carbonyl (C=O) groups is 2. The lowest BCUT2D eigenvalue weighted by molar-refractivity contribution is -0.149. The molecule has 0 saturated carbocycles. The number of ether oxygens (including phenoxy) is 1. The molecule has 1 amide bonds. The molecule has 24 heavy (non-hydrogen) atoms. The molecule has 0 aromatic heterocycles. The number of rotatable bonds is 7. The van der Waals surface area contributed by atoms with Crippen molar-refractivity contribution in [1.82, 2.24) is 5.32 Å². The summed E-state index contributed by atoms with van der Waals surface area (Å²) in [6.45, 7) is 1.90. The molecule has 0 fully saturated rings. The molecule has 1 N–H and O–H groups in total. The van der Waals surface area contributed by atoms with Gasteiger partial charge in [-0.2, -0.15) is 0 Å². The number of esters is 1. The van der Waals surface area contributed by atoms with Gasteiger partial charge in [0.1, 0.15) is 12.6 Å². The summed E-state index contributed by atoms with van der Waals surface area (Å²) in [6, 6.07) is 18.3. The fourth-order valence-electron chi connectivity index (χ4n) is 2.16. The van der Waals surface area contributed by atoms with Gasteiger partial charge in [-0.15, -0.1) is 0 Å². The Bertz CT molecular complexity index is 659. The summed E-state index contributed by atoms with van der Waals surface area (Å²) < 4.78 is 5.37. The van der Waals surface area contributed by atoms with Crippen molar-refractivity contribution >= 4 is 27.8 Å². The van der Waals surface area contributed by atoms with Crippen molar-refractivity contribution in [2.24, 2.45) is 0 Å². The number of hydrogen-bond donors (Lipinski definition) is 1. The van der Waals surface area contributed by atoms with Gasteiger partial charge >= 0.3 is 5.97 Å². The highest BCUT2D eigenvalue weighted by molar-refractivity contribution is 9.10. The van der Waals surface area contributed by atoms with Crippen LogP contribution in [0.5, 0.6) is 0 Å². The largest absolute Gasteiger partial charge is 0.459 e. The average molecular weight is 390 g/mol. The van der Waals surface area contributed by atoms with Crippen molar-refractivity contribution in [3.63, 3.8) is 0 Å². The van der Waals surface area contributed by atoms with Gasteiger partial charge in [-0.3, -0.25) is 4.79 Å². The molecule has 2 aromatic rings. The molecular weight excluding hydrogens is 370 g/mol. The van der Waals surface area contributed by atoms with E-state index in [1.54, 1.807) is 6.92 Å². The van der Waals surface area contributed by atoms with E-state index in [0.29, 0.717) is 6.42 Å². The summed E-state index contributed by atoms with van der Waals surface area (Å²) in [7, 11) is 0. The normalized spacial score (nSPS) is 12.9. The monoisotopic (exact) mass is 389 g/mol. The number of hydrogen-bond acceptors (Lipinski definition) is 3.